The number of hydrogen-bond donors (Lipinski definition) is 0. The summed E-state index contributed by atoms with van der Waals surface area (Å²) in [5.41, 5.74) is 3.97. The number of fused-ring (bicyclic) bond motifs is 1. The first-order valence-electron chi connectivity index (χ1n) is 11.3. The Morgan fingerprint density at radius 1 is 1.28 bits per heavy atom. The van der Waals surface area contributed by atoms with Gasteiger partial charge in [-0.2, -0.15) is 0 Å². The van der Waals surface area contributed by atoms with Crippen LogP contribution in [0.5, 0.6) is 0 Å². The van der Waals surface area contributed by atoms with Crippen molar-refractivity contribution in [3.63, 3.8) is 0 Å². The number of hydrogen-bond acceptors (Lipinski definition) is 6. The van der Waals surface area contributed by atoms with E-state index in [4.69, 9.17) is 9.72 Å². The fourth-order valence-corrected chi connectivity index (χ4v) is 6.23. The molecule has 1 saturated carbocycles. The summed E-state index contributed by atoms with van der Waals surface area (Å²) in [6.45, 7) is 11.9. The van der Waals surface area contributed by atoms with Crippen LogP contribution in [0, 0.1) is 27.7 Å². The number of aromatic nitrogens is 3. The van der Waals surface area contributed by atoms with Crippen LogP contribution in [-0.4, -0.2) is 38.9 Å². The van der Waals surface area contributed by atoms with E-state index in [0.717, 1.165) is 38.6 Å². The summed E-state index contributed by atoms with van der Waals surface area (Å²) in [5.74, 6) is 0.352. The van der Waals surface area contributed by atoms with Gasteiger partial charge < -0.3 is 9.30 Å². The molecule has 32 heavy (non-hydrogen) atoms. The zero-order chi connectivity index (χ0) is 23.0. The molecule has 6 nitrogen and oxygen atoms in total. The Hall–Kier alpha value is -1.90. The molecule has 0 amide bonds. The van der Waals surface area contributed by atoms with Gasteiger partial charge in [-0.1, -0.05) is 11.8 Å². The quantitative estimate of drug-likeness (QED) is 0.175. The first-order chi connectivity index (χ1) is 15.3. The molecule has 0 N–H and O–H groups in total. The van der Waals surface area contributed by atoms with Crippen molar-refractivity contribution in [3.05, 3.63) is 43.8 Å². The van der Waals surface area contributed by atoms with Gasteiger partial charge in [-0.15, -0.1) is 11.3 Å². The van der Waals surface area contributed by atoms with Crippen LogP contribution in [0.3, 0.4) is 0 Å². The highest BCUT2D eigenvalue weighted by molar-refractivity contribution is 7.99. The van der Waals surface area contributed by atoms with E-state index in [1.165, 1.54) is 24.6 Å². The lowest BCUT2D eigenvalue weighted by atomic mass is 10.2. The lowest BCUT2D eigenvalue weighted by molar-refractivity contribution is 0.102. The normalized spacial score (nSPS) is 13.9. The number of nitrogens with zero attached hydrogens (tertiary/aromatic N) is 3. The van der Waals surface area contributed by atoms with E-state index in [9.17, 15) is 9.59 Å². The molecule has 0 radical (unpaired) electrons. The zero-order valence-corrected chi connectivity index (χ0v) is 21.1. The molecule has 0 aliphatic heterocycles. The maximum Gasteiger partial charge on any atom is 0.263 e. The first kappa shape index (κ1) is 23.3. The molecule has 1 aliphatic rings. The van der Waals surface area contributed by atoms with E-state index in [1.54, 1.807) is 15.9 Å². The van der Waals surface area contributed by atoms with Crippen molar-refractivity contribution in [3.8, 4) is 0 Å². The molecule has 8 heteroatoms. The first-order valence-corrected chi connectivity index (χ1v) is 13.1. The second-order valence-corrected chi connectivity index (χ2v) is 10.6. The monoisotopic (exact) mass is 473 g/mol. The summed E-state index contributed by atoms with van der Waals surface area (Å²) in [4.78, 5) is 33.1. The molecule has 3 aromatic heterocycles. The standard InChI is InChI=1S/C24H31N3O3S2/c1-6-30-11-7-10-26-23(29)21-15(3)17(5)32-22(21)25-24(26)31-13-20(28)19-12-14(2)27(16(19)4)18-8-9-18/h12,18H,6-11,13H2,1-5H3. The Labute approximate surface area is 197 Å². The second-order valence-electron chi connectivity index (χ2n) is 8.46. The van der Waals surface area contributed by atoms with Gasteiger partial charge >= 0.3 is 0 Å². The number of aryl methyl sites for hydroxylation is 3. The van der Waals surface area contributed by atoms with E-state index in [2.05, 4.69) is 11.5 Å². The van der Waals surface area contributed by atoms with Crippen LogP contribution in [0.2, 0.25) is 0 Å². The Bertz CT molecular complexity index is 1220. The van der Waals surface area contributed by atoms with Gasteiger partial charge in [0.15, 0.2) is 10.9 Å². The van der Waals surface area contributed by atoms with E-state index >= 15 is 0 Å². The average Bonchev–Trinajstić information content (AvgIpc) is 3.48. The number of rotatable bonds is 10. The molecule has 0 aromatic carbocycles. The van der Waals surface area contributed by atoms with Crippen LogP contribution in [-0.2, 0) is 11.3 Å². The molecule has 1 fully saturated rings. The van der Waals surface area contributed by atoms with E-state index in [0.29, 0.717) is 36.3 Å². The number of thiophene rings is 1. The van der Waals surface area contributed by atoms with Gasteiger partial charge in [0.1, 0.15) is 4.83 Å². The summed E-state index contributed by atoms with van der Waals surface area (Å²) in [7, 11) is 0. The minimum atomic E-state index is -0.0183. The summed E-state index contributed by atoms with van der Waals surface area (Å²) in [5, 5.41) is 1.32. The van der Waals surface area contributed by atoms with Gasteiger partial charge in [-0.05, 0) is 65.5 Å². The van der Waals surface area contributed by atoms with Crippen molar-refractivity contribution in [2.75, 3.05) is 19.0 Å². The molecule has 3 aromatic rings. The van der Waals surface area contributed by atoms with Gasteiger partial charge in [-0.25, -0.2) is 4.98 Å². The summed E-state index contributed by atoms with van der Waals surface area (Å²) >= 11 is 2.91. The second kappa shape index (κ2) is 9.53. The van der Waals surface area contributed by atoms with Crippen molar-refractivity contribution >= 4 is 39.1 Å². The number of ether oxygens (including phenoxy) is 1. The maximum absolute atomic E-state index is 13.3. The van der Waals surface area contributed by atoms with E-state index in [-0.39, 0.29) is 17.1 Å². The predicted molar refractivity (Wildman–Crippen MR) is 132 cm³/mol. The van der Waals surface area contributed by atoms with Crippen LogP contribution in [0.25, 0.3) is 10.2 Å². The molecule has 0 atom stereocenters. The average molecular weight is 474 g/mol. The Morgan fingerprint density at radius 2 is 2.03 bits per heavy atom. The minimum Gasteiger partial charge on any atom is -0.382 e. The summed E-state index contributed by atoms with van der Waals surface area (Å²) < 4.78 is 9.48. The SMILES string of the molecule is CCOCCCn1c(SCC(=O)c2cc(C)n(C3CC3)c2C)nc2sc(C)c(C)c2c1=O. The fraction of sp³-hybridized carbons (Fsp3) is 0.542. The molecular weight excluding hydrogens is 442 g/mol. The van der Waals surface area contributed by atoms with Crippen molar-refractivity contribution in [1.29, 1.82) is 0 Å². The Morgan fingerprint density at radius 3 is 2.72 bits per heavy atom. The Balaban J connectivity index is 1.60. The smallest absolute Gasteiger partial charge is 0.263 e. The van der Waals surface area contributed by atoms with Gasteiger partial charge in [0, 0.05) is 47.6 Å². The van der Waals surface area contributed by atoms with Gasteiger partial charge in [0.05, 0.1) is 11.1 Å². The molecule has 1 aliphatic carbocycles. The van der Waals surface area contributed by atoms with Crippen LogP contribution in [0.4, 0.5) is 0 Å². The highest BCUT2D eigenvalue weighted by Gasteiger charge is 2.28. The van der Waals surface area contributed by atoms with Crippen molar-refractivity contribution in [2.45, 2.75) is 71.6 Å². The van der Waals surface area contributed by atoms with Gasteiger partial charge in [-0.3, -0.25) is 14.2 Å². The van der Waals surface area contributed by atoms with Crippen LogP contribution in [0.1, 0.15) is 64.4 Å². The Kier molecular flexibility index (Phi) is 6.93. The zero-order valence-electron chi connectivity index (χ0n) is 19.5. The molecule has 0 spiro atoms. The molecule has 4 rings (SSSR count). The van der Waals surface area contributed by atoms with Crippen LogP contribution < -0.4 is 5.56 Å². The van der Waals surface area contributed by atoms with Gasteiger partial charge in [0.25, 0.3) is 5.56 Å². The highest BCUT2D eigenvalue weighted by atomic mass is 32.2. The van der Waals surface area contributed by atoms with Gasteiger partial charge in [0.2, 0.25) is 0 Å². The molecular formula is C24H31N3O3S2. The molecule has 0 unspecified atom stereocenters. The molecule has 0 saturated heterocycles. The minimum absolute atomic E-state index is 0.0183. The van der Waals surface area contributed by atoms with Crippen LogP contribution >= 0.6 is 23.1 Å². The fourth-order valence-electron chi connectivity index (χ4n) is 4.25. The third kappa shape index (κ3) is 4.45. The number of thioether (sulfide) groups is 1. The van der Waals surface area contributed by atoms with Crippen molar-refractivity contribution in [1.82, 2.24) is 14.1 Å². The largest absolute Gasteiger partial charge is 0.382 e. The van der Waals surface area contributed by atoms with Crippen molar-refractivity contribution in [2.24, 2.45) is 0 Å². The number of carbonyl (C=O) groups is 1. The molecule has 172 valence electrons. The number of carbonyl (C=O) groups excluding carboxylic acids is 1. The van der Waals surface area contributed by atoms with Crippen molar-refractivity contribution < 1.29 is 9.53 Å². The molecule has 3 heterocycles. The lowest BCUT2D eigenvalue weighted by Gasteiger charge is -2.12. The maximum atomic E-state index is 13.3. The summed E-state index contributed by atoms with van der Waals surface area (Å²) in [6.07, 6.45) is 3.11. The predicted octanol–water partition coefficient (Wildman–Crippen LogP) is 5.23. The molecule has 0 bridgehead atoms. The number of Topliss-reactive ketones (excluding diaryl/α,β-unsaturated/α-hetero) is 1. The third-order valence-corrected chi connectivity index (χ3v) is 8.24. The summed E-state index contributed by atoms with van der Waals surface area (Å²) in [6, 6.07) is 2.56. The lowest BCUT2D eigenvalue weighted by Crippen LogP contribution is -2.24. The highest BCUT2D eigenvalue weighted by Crippen LogP contribution is 2.38. The van der Waals surface area contributed by atoms with Crippen LogP contribution in [0.15, 0.2) is 16.0 Å². The van der Waals surface area contributed by atoms with E-state index < -0.39 is 0 Å². The third-order valence-electron chi connectivity index (χ3n) is 6.16. The van der Waals surface area contributed by atoms with E-state index in [1.807, 2.05) is 33.8 Å². The topological polar surface area (TPSA) is 66.1 Å². The number of ketones is 1.